The van der Waals surface area contributed by atoms with Crippen molar-refractivity contribution in [1.82, 2.24) is 15.1 Å². The number of hydrogen-bond acceptors (Lipinski definition) is 4. The molecule has 142 valence electrons. The molecule has 0 aliphatic carbocycles. The predicted octanol–water partition coefficient (Wildman–Crippen LogP) is 2.58. The van der Waals surface area contributed by atoms with Gasteiger partial charge in [0.15, 0.2) is 0 Å². The van der Waals surface area contributed by atoms with E-state index in [-0.39, 0.29) is 24.8 Å². The molecule has 0 saturated carbocycles. The van der Waals surface area contributed by atoms with Crippen molar-refractivity contribution in [3.8, 4) is 0 Å². The third kappa shape index (κ3) is 6.99. The van der Waals surface area contributed by atoms with Crippen molar-refractivity contribution >= 4 is 42.5 Å². The molecule has 1 N–H and O–H groups in total. The Morgan fingerprint density at radius 1 is 1.24 bits per heavy atom. The fraction of sp³-hybridized carbons (Fsp3) is 0.611. The number of aryl methyl sites for hydroxylation is 1. The first-order valence-corrected chi connectivity index (χ1v) is 9.73. The van der Waals surface area contributed by atoms with Crippen LogP contribution in [0.25, 0.3) is 0 Å². The van der Waals surface area contributed by atoms with Crippen LogP contribution >= 0.6 is 36.6 Å². The van der Waals surface area contributed by atoms with E-state index in [4.69, 9.17) is 0 Å². The number of hydrogen-bond donors (Lipinski definition) is 1. The summed E-state index contributed by atoms with van der Waals surface area (Å²) < 4.78 is 0. The van der Waals surface area contributed by atoms with Gasteiger partial charge < -0.3 is 10.2 Å². The number of carbonyl (C=O) groups is 1. The van der Waals surface area contributed by atoms with E-state index < -0.39 is 0 Å². The molecule has 2 saturated heterocycles. The number of nitrogens with zero attached hydrogens (tertiary/aromatic N) is 2. The minimum Gasteiger partial charge on any atom is -0.340 e. The van der Waals surface area contributed by atoms with E-state index in [1.165, 1.54) is 16.9 Å². The molecule has 2 aliphatic heterocycles. The Hall–Kier alpha value is -0.460. The number of nitrogens with one attached hydrogen (secondary N) is 1. The lowest BCUT2D eigenvalue weighted by molar-refractivity contribution is -0.133. The van der Waals surface area contributed by atoms with Gasteiger partial charge >= 0.3 is 0 Å². The van der Waals surface area contributed by atoms with Crippen molar-refractivity contribution in [1.29, 1.82) is 0 Å². The highest BCUT2D eigenvalue weighted by molar-refractivity contribution is 7.99. The number of rotatable bonds is 4. The van der Waals surface area contributed by atoms with Crippen LogP contribution in [0.4, 0.5) is 0 Å². The molecular weight excluding hydrogens is 377 g/mol. The summed E-state index contributed by atoms with van der Waals surface area (Å²) in [4.78, 5) is 16.9. The minimum absolute atomic E-state index is 0. The van der Waals surface area contributed by atoms with Crippen LogP contribution in [0.5, 0.6) is 0 Å². The first kappa shape index (κ1) is 22.6. The maximum Gasteiger partial charge on any atom is 0.224 e. The Morgan fingerprint density at radius 3 is 2.64 bits per heavy atom. The molecule has 0 radical (unpaired) electrons. The van der Waals surface area contributed by atoms with Gasteiger partial charge in [-0.1, -0.05) is 29.8 Å². The molecule has 7 heteroatoms. The molecule has 1 aromatic carbocycles. The Kier molecular flexibility index (Phi) is 10.2. The quantitative estimate of drug-likeness (QED) is 0.834. The zero-order valence-corrected chi connectivity index (χ0v) is 17.2. The van der Waals surface area contributed by atoms with E-state index in [0.717, 1.165) is 45.0 Å². The van der Waals surface area contributed by atoms with Gasteiger partial charge in [0.2, 0.25) is 5.91 Å². The highest BCUT2D eigenvalue weighted by Gasteiger charge is 2.24. The minimum atomic E-state index is 0. The lowest BCUT2D eigenvalue weighted by Gasteiger charge is -2.35. The Labute approximate surface area is 167 Å². The van der Waals surface area contributed by atoms with Crippen molar-refractivity contribution < 1.29 is 4.79 Å². The van der Waals surface area contributed by atoms with Crippen LogP contribution in [0, 0.1) is 6.92 Å². The molecule has 25 heavy (non-hydrogen) atoms. The number of halogens is 2. The molecule has 0 aromatic heterocycles. The van der Waals surface area contributed by atoms with Gasteiger partial charge in [0.1, 0.15) is 0 Å². The summed E-state index contributed by atoms with van der Waals surface area (Å²) in [5.41, 5.74) is 2.68. The van der Waals surface area contributed by atoms with Crippen molar-refractivity contribution in [2.45, 2.75) is 25.9 Å². The fourth-order valence-electron chi connectivity index (χ4n) is 3.31. The maximum atomic E-state index is 12.4. The monoisotopic (exact) mass is 405 g/mol. The van der Waals surface area contributed by atoms with Crippen LogP contribution in [0.2, 0.25) is 0 Å². The van der Waals surface area contributed by atoms with Gasteiger partial charge in [-0.2, -0.15) is 11.8 Å². The topological polar surface area (TPSA) is 35.6 Å². The van der Waals surface area contributed by atoms with Gasteiger partial charge in [-0.05, 0) is 12.5 Å². The zero-order chi connectivity index (χ0) is 16.1. The zero-order valence-electron chi connectivity index (χ0n) is 14.8. The van der Waals surface area contributed by atoms with E-state index in [1.807, 2.05) is 16.7 Å². The average Bonchev–Trinajstić information content (AvgIpc) is 2.56. The SMILES string of the molecule is Cc1cccc(CN2CCN(C(=O)CC3CSCCN3)CC2)c1.Cl.Cl. The molecule has 4 nitrogen and oxygen atoms in total. The Balaban J connectivity index is 0.00000156. The first-order valence-electron chi connectivity index (χ1n) is 8.57. The largest absolute Gasteiger partial charge is 0.340 e. The average molecular weight is 406 g/mol. The summed E-state index contributed by atoms with van der Waals surface area (Å²) in [6.07, 6.45) is 0.658. The van der Waals surface area contributed by atoms with Gasteiger partial charge in [0.05, 0.1) is 0 Å². The summed E-state index contributed by atoms with van der Waals surface area (Å²) in [7, 11) is 0. The second-order valence-electron chi connectivity index (χ2n) is 6.58. The summed E-state index contributed by atoms with van der Waals surface area (Å²) >= 11 is 1.95. The third-order valence-corrected chi connectivity index (χ3v) is 5.76. The first-order chi connectivity index (χ1) is 11.2. The molecule has 3 rings (SSSR count). The van der Waals surface area contributed by atoms with Crippen molar-refractivity contribution in [2.75, 3.05) is 44.2 Å². The van der Waals surface area contributed by atoms with Gasteiger partial charge in [0, 0.05) is 63.2 Å². The molecule has 2 heterocycles. The van der Waals surface area contributed by atoms with Crippen LogP contribution in [-0.4, -0.2) is 66.0 Å². The van der Waals surface area contributed by atoms with Crippen LogP contribution < -0.4 is 5.32 Å². The summed E-state index contributed by atoms with van der Waals surface area (Å²) in [5.74, 6) is 2.56. The molecule has 1 amide bonds. The molecular formula is C18H29Cl2N3OS. The Morgan fingerprint density at radius 2 is 2.00 bits per heavy atom. The lowest BCUT2D eigenvalue weighted by atomic mass is 10.1. The summed E-state index contributed by atoms with van der Waals surface area (Å²) in [6, 6.07) is 9.07. The van der Waals surface area contributed by atoms with Crippen LogP contribution in [-0.2, 0) is 11.3 Å². The highest BCUT2D eigenvalue weighted by atomic mass is 35.5. The number of benzene rings is 1. The molecule has 0 bridgehead atoms. The third-order valence-electron chi connectivity index (χ3n) is 4.63. The van der Waals surface area contributed by atoms with Crippen molar-refractivity contribution in [2.24, 2.45) is 0 Å². The lowest BCUT2D eigenvalue weighted by Crippen LogP contribution is -2.50. The normalized spacial score (nSPS) is 21.2. The number of piperazine rings is 1. The van der Waals surface area contributed by atoms with E-state index in [1.54, 1.807) is 0 Å². The van der Waals surface area contributed by atoms with Crippen LogP contribution in [0.1, 0.15) is 17.5 Å². The van der Waals surface area contributed by atoms with E-state index in [2.05, 4.69) is 41.4 Å². The van der Waals surface area contributed by atoms with E-state index in [9.17, 15) is 4.79 Å². The molecule has 1 aromatic rings. The van der Waals surface area contributed by atoms with Gasteiger partial charge in [-0.3, -0.25) is 9.69 Å². The molecule has 1 atom stereocenters. The van der Waals surface area contributed by atoms with Crippen LogP contribution in [0.3, 0.4) is 0 Å². The van der Waals surface area contributed by atoms with Gasteiger partial charge in [-0.25, -0.2) is 0 Å². The van der Waals surface area contributed by atoms with E-state index in [0.29, 0.717) is 18.4 Å². The van der Waals surface area contributed by atoms with Crippen molar-refractivity contribution in [3.63, 3.8) is 0 Å². The second kappa shape index (κ2) is 11.3. The summed E-state index contributed by atoms with van der Waals surface area (Å²) in [6.45, 7) is 7.85. The number of carbonyl (C=O) groups excluding carboxylic acids is 1. The predicted molar refractivity (Wildman–Crippen MR) is 111 cm³/mol. The Bertz CT molecular complexity index is 533. The molecule has 1 unspecified atom stereocenters. The molecule has 2 aliphatic rings. The standard InChI is InChI=1S/C18H27N3OS.2ClH/c1-15-3-2-4-16(11-15)13-20-6-8-21(9-7-20)18(22)12-17-14-23-10-5-19-17;;/h2-4,11,17,19H,5-10,12-14H2,1H3;2*1H. The second-order valence-corrected chi connectivity index (χ2v) is 7.73. The molecule has 0 spiro atoms. The van der Waals surface area contributed by atoms with Crippen LogP contribution in [0.15, 0.2) is 24.3 Å². The van der Waals surface area contributed by atoms with Gasteiger partial charge in [0.25, 0.3) is 0 Å². The maximum absolute atomic E-state index is 12.4. The van der Waals surface area contributed by atoms with Crippen molar-refractivity contribution in [3.05, 3.63) is 35.4 Å². The van der Waals surface area contributed by atoms with Gasteiger partial charge in [-0.15, -0.1) is 24.8 Å². The smallest absolute Gasteiger partial charge is 0.224 e. The summed E-state index contributed by atoms with van der Waals surface area (Å²) in [5, 5.41) is 3.46. The fourth-order valence-corrected chi connectivity index (χ4v) is 4.26. The highest BCUT2D eigenvalue weighted by Crippen LogP contribution is 2.14. The molecule has 2 fully saturated rings. The number of amides is 1. The van der Waals surface area contributed by atoms with E-state index >= 15 is 0 Å². The number of thioether (sulfide) groups is 1.